The van der Waals surface area contributed by atoms with Crippen LogP contribution in [0, 0.1) is 0 Å². The van der Waals surface area contributed by atoms with Crippen LogP contribution in [0.2, 0.25) is 0 Å². The molecule has 33 heavy (non-hydrogen) atoms. The molecule has 0 saturated carbocycles. The molecule has 2 heterocycles. The standard InChI is InChI=1S/C24H27N3O6/c1-15(16-5-3-2-4-6-16)25-23(29)12-18-8-9-19(22(13-28)33-18)27-24(30)26-17-7-10-20-21(11-17)32-14-31-20/h2-11,15,18-19,22,28H,12-14H2,1H3,(H,25,29)(H2,26,27,30)/t15-,18-,19-,22-/m0/s1. The Bertz CT molecular complexity index is 1010. The number of nitrogens with one attached hydrogen (secondary N) is 3. The van der Waals surface area contributed by atoms with Crippen LogP contribution in [0.3, 0.4) is 0 Å². The number of anilines is 1. The van der Waals surface area contributed by atoms with Crippen LogP contribution in [0.15, 0.2) is 60.7 Å². The van der Waals surface area contributed by atoms with Crippen LogP contribution in [0.25, 0.3) is 0 Å². The highest BCUT2D eigenvalue weighted by molar-refractivity contribution is 5.90. The minimum atomic E-state index is -0.679. The average molecular weight is 453 g/mol. The number of carbonyl (C=O) groups excluding carboxylic acids is 2. The molecule has 2 aromatic carbocycles. The number of aliphatic hydroxyl groups excluding tert-OH is 1. The first-order chi connectivity index (χ1) is 16.0. The van der Waals surface area contributed by atoms with Crippen molar-refractivity contribution in [2.45, 2.75) is 37.6 Å². The number of aliphatic hydroxyl groups is 1. The maximum absolute atomic E-state index is 12.4. The lowest BCUT2D eigenvalue weighted by atomic mass is 10.0. The van der Waals surface area contributed by atoms with Gasteiger partial charge in [-0.05, 0) is 24.6 Å². The number of benzene rings is 2. The molecule has 4 atom stereocenters. The molecule has 0 aromatic heterocycles. The van der Waals surface area contributed by atoms with Crippen LogP contribution < -0.4 is 25.4 Å². The lowest BCUT2D eigenvalue weighted by Gasteiger charge is -2.31. The Morgan fingerprint density at radius 1 is 1.09 bits per heavy atom. The molecule has 2 aliphatic rings. The van der Waals surface area contributed by atoms with Crippen LogP contribution in [-0.2, 0) is 9.53 Å². The van der Waals surface area contributed by atoms with Crippen LogP contribution in [0.4, 0.5) is 10.5 Å². The van der Waals surface area contributed by atoms with E-state index in [9.17, 15) is 14.7 Å². The second-order valence-corrected chi connectivity index (χ2v) is 7.88. The molecule has 4 N–H and O–H groups in total. The van der Waals surface area contributed by atoms with E-state index in [1.807, 2.05) is 37.3 Å². The Hall–Kier alpha value is -3.56. The van der Waals surface area contributed by atoms with E-state index in [2.05, 4.69) is 16.0 Å². The summed E-state index contributed by atoms with van der Waals surface area (Å²) in [5.41, 5.74) is 1.55. The third kappa shape index (κ3) is 5.82. The number of ether oxygens (including phenoxy) is 3. The van der Waals surface area contributed by atoms with Crippen molar-refractivity contribution in [1.82, 2.24) is 10.6 Å². The zero-order valence-electron chi connectivity index (χ0n) is 18.2. The fourth-order valence-corrected chi connectivity index (χ4v) is 3.74. The summed E-state index contributed by atoms with van der Waals surface area (Å²) in [6.45, 7) is 1.76. The minimum absolute atomic E-state index is 0.111. The summed E-state index contributed by atoms with van der Waals surface area (Å²) in [6, 6.07) is 13.6. The van der Waals surface area contributed by atoms with Crippen molar-refractivity contribution in [3.63, 3.8) is 0 Å². The normalized spacial score (nSPS) is 21.8. The lowest BCUT2D eigenvalue weighted by Crippen LogP contribution is -2.50. The molecule has 9 heteroatoms. The Balaban J connectivity index is 1.29. The topological polar surface area (TPSA) is 118 Å². The first kappa shape index (κ1) is 22.6. The van der Waals surface area contributed by atoms with Crippen molar-refractivity contribution in [2.75, 3.05) is 18.7 Å². The quantitative estimate of drug-likeness (QED) is 0.479. The van der Waals surface area contributed by atoms with E-state index >= 15 is 0 Å². The van der Waals surface area contributed by atoms with E-state index < -0.39 is 24.3 Å². The van der Waals surface area contributed by atoms with Crippen molar-refractivity contribution < 1.29 is 28.9 Å². The molecule has 174 valence electrons. The number of hydrogen-bond acceptors (Lipinski definition) is 6. The van der Waals surface area contributed by atoms with Gasteiger partial charge in [0.25, 0.3) is 0 Å². The number of hydrogen-bond donors (Lipinski definition) is 4. The van der Waals surface area contributed by atoms with Crippen molar-refractivity contribution in [3.05, 3.63) is 66.2 Å². The largest absolute Gasteiger partial charge is 0.454 e. The van der Waals surface area contributed by atoms with Crippen LogP contribution in [0.1, 0.15) is 24.9 Å². The summed E-state index contributed by atoms with van der Waals surface area (Å²) >= 11 is 0. The van der Waals surface area contributed by atoms with Gasteiger partial charge in [0.1, 0.15) is 6.10 Å². The Labute approximate surface area is 191 Å². The second-order valence-electron chi connectivity index (χ2n) is 7.88. The van der Waals surface area contributed by atoms with E-state index in [1.165, 1.54) is 0 Å². The van der Waals surface area contributed by atoms with E-state index in [0.717, 1.165) is 5.56 Å². The summed E-state index contributed by atoms with van der Waals surface area (Å²) in [5, 5.41) is 18.2. The van der Waals surface area contributed by atoms with Gasteiger partial charge < -0.3 is 35.3 Å². The highest BCUT2D eigenvalue weighted by atomic mass is 16.7. The summed E-state index contributed by atoms with van der Waals surface area (Å²) in [6.07, 6.45) is 2.40. The molecular formula is C24H27N3O6. The van der Waals surface area contributed by atoms with Crippen LogP contribution in [-0.4, -0.2) is 48.7 Å². The molecule has 0 aliphatic carbocycles. The van der Waals surface area contributed by atoms with Crippen LogP contribution in [0.5, 0.6) is 11.5 Å². The molecule has 0 bridgehead atoms. The Kier molecular flexibility index (Phi) is 7.11. The van der Waals surface area contributed by atoms with E-state index in [0.29, 0.717) is 17.2 Å². The summed E-state index contributed by atoms with van der Waals surface area (Å²) in [7, 11) is 0. The van der Waals surface area contributed by atoms with Gasteiger partial charge in [-0.1, -0.05) is 42.5 Å². The van der Waals surface area contributed by atoms with E-state index in [1.54, 1.807) is 30.4 Å². The lowest BCUT2D eigenvalue weighted by molar-refractivity contribution is -0.125. The summed E-state index contributed by atoms with van der Waals surface area (Å²) < 4.78 is 16.4. The van der Waals surface area contributed by atoms with E-state index in [-0.39, 0.29) is 31.8 Å². The van der Waals surface area contributed by atoms with Gasteiger partial charge in [0.05, 0.1) is 31.2 Å². The molecule has 4 rings (SSSR count). The van der Waals surface area contributed by atoms with Gasteiger partial charge in [-0.2, -0.15) is 0 Å². The molecule has 2 aromatic rings. The number of fused-ring (bicyclic) bond motifs is 1. The highest BCUT2D eigenvalue weighted by Crippen LogP contribution is 2.34. The van der Waals surface area contributed by atoms with Gasteiger partial charge in [-0.15, -0.1) is 0 Å². The third-order valence-corrected chi connectivity index (χ3v) is 5.46. The molecule has 0 unspecified atom stereocenters. The predicted octanol–water partition coefficient (Wildman–Crippen LogP) is 2.49. The first-order valence-corrected chi connectivity index (χ1v) is 10.8. The third-order valence-electron chi connectivity index (χ3n) is 5.46. The van der Waals surface area contributed by atoms with Crippen LogP contribution >= 0.6 is 0 Å². The number of urea groups is 1. The van der Waals surface area contributed by atoms with Gasteiger partial charge in [0.2, 0.25) is 12.7 Å². The molecule has 0 spiro atoms. The van der Waals surface area contributed by atoms with Crippen molar-refractivity contribution >= 4 is 17.6 Å². The average Bonchev–Trinajstić information content (AvgIpc) is 3.28. The first-order valence-electron chi connectivity index (χ1n) is 10.8. The maximum Gasteiger partial charge on any atom is 0.319 e. The molecule has 3 amide bonds. The molecule has 0 saturated heterocycles. The Morgan fingerprint density at radius 3 is 2.67 bits per heavy atom. The fourth-order valence-electron chi connectivity index (χ4n) is 3.74. The zero-order valence-corrected chi connectivity index (χ0v) is 18.2. The Morgan fingerprint density at radius 2 is 1.88 bits per heavy atom. The van der Waals surface area contributed by atoms with Gasteiger partial charge in [-0.3, -0.25) is 4.79 Å². The maximum atomic E-state index is 12.4. The number of carbonyl (C=O) groups is 2. The van der Waals surface area contributed by atoms with E-state index in [4.69, 9.17) is 14.2 Å². The molecule has 0 radical (unpaired) electrons. The van der Waals surface area contributed by atoms with Crippen molar-refractivity contribution in [3.8, 4) is 11.5 Å². The summed E-state index contributed by atoms with van der Waals surface area (Å²) in [5.74, 6) is 1.02. The molecule has 2 aliphatic heterocycles. The number of rotatable bonds is 7. The smallest absolute Gasteiger partial charge is 0.319 e. The van der Waals surface area contributed by atoms with Gasteiger partial charge in [-0.25, -0.2) is 4.79 Å². The van der Waals surface area contributed by atoms with Gasteiger partial charge in [0, 0.05) is 11.8 Å². The summed E-state index contributed by atoms with van der Waals surface area (Å²) in [4.78, 5) is 24.9. The minimum Gasteiger partial charge on any atom is -0.454 e. The molecule has 0 fully saturated rings. The second kappa shape index (κ2) is 10.4. The monoisotopic (exact) mass is 453 g/mol. The highest BCUT2D eigenvalue weighted by Gasteiger charge is 2.29. The van der Waals surface area contributed by atoms with Crippen molar-refractivity contribution in [2.24, 2.45) is 0 Å². The van der Waals surface area contributed by atoms with Gasteiger partial charge in [0.15, 0.2) is 11.5 Å². The number of amides is 3. The SMILES string of the molecule is C[C@H](NC(=O)C[C@@H]1C=C[C@H](NC(=O)Nc2ccc3c(c2)OCO3)[C@H](CO)O1)c1ccccc1. The predicted molar refractivity (Wildman–Crippen MR) is 121 cm³/mol. The van der Waals surface area contributed by atoms with Crippen molar-refractivity contribution in [1.29, 1.82) is 0 Å². The zero-order chi connectivity index (χ0) is 23.2. The van der Waals surface area contributed by atoms with Gasteiger partial charge >= 0.3 is 6.03 Å². The molecular weight excluding hydrogens is 426 g/mol. The molecule has 9 nitrogen and oxygen atoms in total. The fraction of sp³-hybridized carbons (Fsp3) is 0.333.